The Morgan fingerprint density at radius 1 is 1.62 bits per heavy atom. The van der Waals surface area contributed by atoms with Gasteiger partial charge in [0.15, 0.2) is 0 Å². The minimum atomic E-state index is 0.440. The highest BCUT2D eigenvalue weighted by Gasteiger charge is 2.27. The van der Waals surface area contributed by atoms with Gasteiger partial charge in [-0.05, 0) is 12.6 Å². The summed E-state index contributed by atoms with van der Waals surface area (Å²) >= 11 is 4.16. The molecule has 0 aromatic carbocycles. The van der Waals surface area contributed by atoms with Gasteiger partial charge < -0.3 is 5.32 Å². The predicted octanol–water partition coefficient (Wildman–Crippen LogP) is 1.92. The van der Waals surface area contributed by atoms with Crippen molar-refractivity contribution in [3.05, 3.63) is 18.0 Å². The lowest BCUT2D eigenvalue weighted by Gasteiger charge is -2.30. The van der Waals surface area contributed by atoms with E-state index in [2.05, 4.69) is 46.9 Å². The number of nitrogens with zero attached hydrogens (tertiary/aromatic N) is 2. The van der Waals surface area contributed by atoms with Gasteiger partial charge in [-0.15, -0.1) is 0 Å². The van der Waals surface area contributed by atoms with Crippen LogP contribution in [-0.4, -0.2) is 38.8 Å². The monoisotopic (exact) mass is 257 g/mol. The topological polar surface area (TPSA) is 29.9 Å². The van der Waals surface area contributed by atoms with Crippen LogP contribution >= 0.6 is 23.5 Å². The van der Waals surface area contributed by atoms with E-state index < -0.39 is 0 Å². The van der Waals surface area contributed by atoms with Crippen LogP contribution in [0, 0.1) is 0 Å². The highest BCUT2D eigenvalue weighted by molar-refractivity contribution is 8.06. The first-order chi connectivity index (χ1) is 7.83. The average molecular weight is 257 g/mol. The first kappa shape index (κ1) is 12.3. The molecule has 3 nitrogen and oxygen atoms in total. The summed E-state index contributed by atoms with van der Waals surface area (Å²) < 4.78 is 1.99. The molecule has 1 aromatic heterocycles. The van der Waals surface area contributed by atoms with E-state index in [1.165, 1.54) is 23.0 Å². The number of hydrogen-bond acceptors (Lipinski definition) is 4. The molecule has 1 fully saturated rings. The van der Waals surface area contributed by atoms with Gasteiger partial charge in [-0.25, -0.2) is 0 Å². The number of thioether (sulfide) groups is 2. The Morgan fingerprint density at radius 3 is 3.06 bits per heavy atom. The second-order valence-electron chi connectivity index (χ2n) is 3.90. The van der Waals surface area contributed by atoms with E-state index in [0.29, 0.717) is 11.3 Å². The van der Waals surface area contributed by atoms with Gasteiger partial charge in [0, 0.05) is 35.8 Å². The molecule has 1 aliphatic rings. The van der Waals surface area contributed by atoms with Crippen molar-refractivity contribution < 1.29 is 0 Å². The van der Waals surface area contributed by atoms with Crippen LogP contribution in [0.25, 0.3) is 0 Å². The van der Waals surface area contributed by atoms with Gasteiger partial charge >= 0.3 is 0 Å². The van der Waals surface area contributed by atoms with Crippen LogP contribution in [0.4, 0.5) is 0 Å². The molecule has 0 saturated carbocycles. The Labute approximate surface area is 106 Å². The number of hydrogen-bond donors (Lipinski definition) is 1. The lowest BCUT2D eigenvalue weighted by molar-refractivity contribution is 0.509. The maximum atomic E-state index is 4.28. The molecule has 2 rings (SSSR count). The molecule has 1 saturated heterocycles. The summed E-state index contributed by atoms with van der Waals surface area (Å²) in [5.74, 6) is 3.81. The first-order valence-corrected chi connectivity index (χ1v) is 7.94. The zero-order chi connectivity index (χ0) is 11.4. The highest BCUT2D eigenvalue weighted by Crippen LogP contribution is 2.33. The Morgan fingerprint density at radius 2 is 2.50 bits per heavy atom. The van der Waals surface area contributed by atoms with Crippen molar-refractivity contribution in [1.82, 2.24) is 15.1 Å². The lowest BCUT2D eigenvalue weighted by atomic mass is 10.1. The Kier molecular flexibility index (Phi) is 4.61. The number of rotatable bonds is 4. The van der Waals surface area contributed by atoms with Crippen molar-refractivity contribution in [3.8, 4) is 0 Å². The fraction of sp³-hybridized carbons (Fsp3) is 0.727. The van der Waals surface area contributed by atoms with Crippen LogP contribution in [0.1, 0.15) is 18.7 Å². The number of aryl methyl sites for hydroxylation is 1. The molecule has 0 radical (unpaired) electrons. The van der Waals surface area contributed by atoms with E-state index in [0.717, 1.165) is 6.54 Å². The van der Waals surface area contributed by atoms with Crippen molar-refractivity contribution >= 4 is 23.5 Å². The second-order valence-corrected chi connectivity index (χ2v) is 6.40. The second kappa shape index (κ2) is 5.98. The van der Waals surface area contributed by atoms with Crippen molar-refractivity contribution in [2.75, 3.05) is 23.8 Å². The molecule has 1 aliphatic heterocycles. The van der Waals surface area contributed by atoms with Gasteiger partial charge in [-0.1, -0.05) is 6.92 Å². The summed E-state index contributed by atoms with van der Waals surface area (Å²) in [6.45, 7) is 3.18. The van der Waals surface area contributed by atoms with E-state index in [1.54, 1.807) is 0 Å². The minimum absolute atomic E-state index is 0.440. The average Bonchev–Trinajstić information content (AvgIpc) is 2.73. The molecule has 5 heteroatoms. The van der Waals surface area contributed by atoms with Crippen LogP contribution in [0.5, 0.6) is 0 Å². The third kappa shape index (κ3) is 2.76. The first-order valence-electron chi connectivity index (χ1n) is 5.73. The summed E-state index contributed by atoms with van der Waals surface area (Å²) in [5.41, 5.74) is 1.31. The molecule has 0 amide bonds. The summed E-state index contributed by atoms with van der Waals surface area (Å²) in [7, 11) is 2.03. The summed E-state index contributed by atoms with van der Waals surface area (Å²) in [5, 5.41) is 8.55. The standard InChI is InChI=1S/C11H19N3S2/c1-3-12-11(9-4-5-13-14(9)2)10-8-15-6-7-16-10/h4-5,10-12H,3,6-8H2,1-2H3. The van der Waals surface area contributed by atoms with Crippen molar-refractivity contribution in [2.24, 2.45) is 7.05 Å². The van der Waals surface area contributed by atoms with Crippen molar-refractivity contribution in [2.45, 2.75) is 18.2 Å². The van der Waals surface area contributed by atoms with Crippen LogP contribution in [0.2, 0.25) is 0 Å². The Balaban J connectivity index is 2.12. The molecular formula is C11H19N3S2. The Hall–Kier alpha value is -0.130. The van der Waals surface area contributed by atoms with E-state index >= 15 is 0 Å². The molecule has 0 bridgehead atoms. The van der Waals surface area contributed by atoms with E-state index in [-0.39, 0.29) is 0 Å². The molecule has 2 unspecified atom stereocenters. The quantitative estimate of drug-likeness (QED) is 0.892. The maximum absolute atomic E-state index is 4.28. The molecule has 2 atom stereocenters. The fourth-order valence-corrected chi connectivity index (χ4v) is 4.89. The zero-order valence-corrected chi connectivity index (χ0v) is 11.5. The van der Waals surface area contributed by atoms with E-state index in [4.69, 9.17) is 0 Å². The highest BCUT2D eigenvalue weighted by atomic mass is 32.2. The van der Waals surface area contributed by atoms with Gasteiger partial charge in [0.25, 0.3) is 0 Å². The third-order valence-corrected chi connectivity index (χ3v) is 5.68. The molecular weight excluding hydrogens is 238 g/mol. The van der Waals surface area contributed by atoms with Crippen LogP contribution in [0.3, 0.4) is 0 Å². The lowest BCUT2D eigenvalue weighted by Crippen LogP contribution is -2.34. The molecule has 1 N–H and O–H groups in total. The summed E-state index contributed by atoms with van der Waals surface area (Å²) in [6.07, 6.45) is 1.89. The van der Waals surface area contributed by atoms with E-state index in [1.807, 2.05) is 17.9 Å². The fourth-order valence-electron chi connectivity index (χ4n) is 2.03. The van der Waals surface area contributed by atoms with Gasteiger partial charge in [-0.2, -0.15) is 28.6 Å². The smallest absolute Gasteiger partial charge is 0.0620 e. The van der Waals surface area contributed by atoms with Crippen molar-refractivity contribution in [3.63, 3.8) is 0 Å². The maximum Gasteiger partial charge on any atom is 0.0620 e. The minimum Gasteiger partial charge on any atom is -0.308 e. The molecule has 1 aromatic rings. The molecule has 90 valence electrons. The van der Waals surface area contributed by atoms with E-state index in [9.17, 15) is 0 Å². The zero-order valence-electron chi connectivity index (χ0n) is 9.85. The largest absolute Gasteiger partial charge is 0.308 e. The van der Waals surface area contributed by atoms with Gasteiger partial charge in [0.05, 0.1) is 11.7 Å². The van der Waals surface area contributed by atoms with Crippen molar-refractivity contribution in [1.29, 1.82) is 0 Å². The molecule has 0 spiro atoms. The number of nitrogens with one attached hydrogen (secondary N) is 1. The molecule has 2 heterocycles. The molecule has 16 heavy (non-hydrogen) atoms. The number of aromatic nitrogens is 2. The van der Waals surface area contributed by atoms with Gasteiger partial charge in [0.2, 0.25) is 0 Å². The summed E-state index contributed by atoms with van der Waals surface area (Å²) in [6, 6.07) is 2.57. The van der Waals surface area contributed by atoms with Gasteiger partial charge in [0.1, 0.15) is 0 Å². The SMILES string of the molecule is CCNC(c1ccnn1C)C1CSCCS1. The van der Waals surface area contributed by atoms with Gasteiger partial charge in [-0.3, -0.25) is 4.68 Å². The van der Waals surface area contributed by atoms with Crippen LogP contribution in [0.15, 0.2) is 12.3 Å². The molecule has 0 aliphatic carbocycles. The van der Waals surface area contributed by atoms with Crippen LogP contribution < -0.4 is 5.32 Å². The predicted molar refractivity (Wildman–Crippen MR) is 73.2 cm³/mol. The third-order valence-electron chi connectivity index (χ3n) is 2.82. The normalized spacial score (nSPS) is 23.2. The summed E-state index contributed by atoms with van der Waals surface area (Å²) in [4.78, 5) is 0. The van der Waals surface area contributed by atoms with Crippen LogP contribution in [-0.2, 0) is 7.05 Å². The Bertz CT molecular complexity index is 321.